The fraction of sp³-hybridized carbons (Fsp3) is 0.500. The van der Waals surface area contributed by atoms with Crippen molar-refractivity contribution in [2.45, 2.75) is 39.5 Å². The summed E-state index contributed by atoms with van der Waals surface area (Å²) in [6.07, 6.45) is 0.541. The van der Waals surface area contributed by atoms with E-state index in [9.17, 15) is 4.79 Å². The third kappa shape index (κ3) is 1.79. The molecule has 1 aromatic rings. The van der Waals surface area contributed by atoms with Crippen LogP contribution in [0.3, 0.4) is 0 Å². The molecule has 0 saturated heterocycles. The average Bonchev–Trinajstić information content (AvgIpc) is 2.50. The molecule has 17 heavy (non-hydrogen) atoms. The Balaban J connectivity index is 2.61. The van der Waals surface area contributed by atoms with Crippen LogP contribution in [0.4, 0.5) is 11.4 Å². The lowest BCUT2D eigenvalue weighted by atomic mass is 9.86. The number of nitrogen functional groups attached to an aromatic ring is 1. The van der Waals surface area contributed by atoms with Gasteiger partial charge >= 0.3 is 0 Å². The minimum atomic E-state index is -0.0136. The maximum absolute atomic E-state index is 12.0. The molecule has 0 spiro atoms. The first-order valence-electron chi connectivity index (χ1n) is 6.08. The first kappa shape index (κ1) is 12.0. The standard InChI is InChI=1S/C14H20N2O/c1-5-12(17)16-8-14(3,4)11-7-10(15)6-9(2)13(11)16/h6-7H,5,8,15H2,1-4H3. The third-order valence-electron chi connectivity index (χ3n) is 3.48. The van der Waals surface area contributed by atoms with Crippen LogP contribution in [-0.2, 0) is 10.2 Å². The number of anilines is 2. The van der Waals surface area contributed by atoms with E-state index in [-0.39, 0.29) is 11.3 Å². The van der Waals surface area contributed by atoms with Crippen molar-refractivity contribution in [2.24, 2.45) is 0 Å². The molecule has 3 heteroatoms. The van der Waals surface area contributed by atoms with Crippen molar-refractivity contribution in [3.63, 3.8) is 0 Å². The summed E-state index contributed by atoms with van der Waals surface area (Å²) < 4.78 is 0. The van der Waals surface area contributed by atoms with Crippen molar-refractivity contribution >= 4 is 17.3 Å². The second-order valence-corrected chi connectivity index (χ2v) is 5.45. The average molecular weight is 232 g/mol. The number of amides is 1. The number of rotatable bonds is 1. The highest BCUT2D eigenvalue weighted by atomic mass is 16.2. The van der Waals surface area contributed by atoms with Crippen molar-refractivity contribution < 1.29 is 4.79 Å². The zero-order valence-corrected chi connectivity index (χ0v) is 11.0. The molecule has 2 N–H and O–H groups in total. The molecule has 0 atom stereocenters. The number of hydrogen-bond donors (Lipinski definition) is 1. The highest BCUT2D eigenvalue weighted by Gasteiger charge is 2.38. The topological polar surface area (TPSA) is 46.3 Å². The van der Waals surface area contributed by atoms with Gasteiger partial charge in [-0.25, -0.2) is 0 Å². The molecule has 1 aromatic carbocycles. The number of hydrogen-bond acceptors (Lipinski definition) is 2. The number of carbonyl (C=O) groups is 1. The summed E-state index contributed by atoms with van der Waals surface area (Å²) in [6.45, 7) is 8.99. The van der Waals surface area contributed by atoms with Crippen molar-refractivity contribution in [3.8, 4) is 0 Å². The normalized spacial score (nSPS) is 17.1. The van der Waals surface area contributed by atoms with Crippen LogP contribution in [0.25, 0.3) is 0 Å². The number of benzene rings is 1. The van der Waals surface area contributed by atoms with E-state index in [1.165, 1.54) is 5.56 Å². The van der Waals surface area contributed by atoms with Crippen molar-refractivity contribution in [3.05, 3.63) is 23.3 Å². The smallest absolute Gasteiger partial charge is 0.226 e. The third-order valence-corrected chi connectivity index (χ3v) is 3.48. The Bertz CT molecular complexity index is 477. The Hall–Kier alpha value is -1.51. The van der Waals surface area contributed by atoms with E-state index in [0.717, 1.165) is 23.5 Å². The molecule has 1 amide bonds. The monoisotopic (exact) mass is 232 g/mol. The molecule has 1 heterocycles. The Morgan fingerprint density at radius 2 is 2.12 bits per heavy atom. The summed E-state index contributed by atoms with van der Waals surface area (Å²) in [5.74, 6) is 0.185. The lowest BCUT2D eigenvalue weighted by Gasteiger charge is -2.20. The van der Waals surface area contributed by atoms with E-state index >= 15 is 0 Å². The van der Waals surface area contributed by atoms with E-state index in [2.05, 4.69) is 13.8 Å². The summed E-state index contributed by atoms with van der Waals surface area (Å²) in [6, 6.07) is 3.95. The molecule has 1 aliphatic heterocycles. The summed E-state index contributed by atoms with van der Waals surface area (Å²) in [4.78, 5) is 13.9. The number of carbonyl (C=O) groups excluding carboxylic acids is 1. The molecule has 2 rings (SSSR count). The highest BCUT2D eigenvalue weighted by Crippen LogP contribution is 2.43. The Kier molecular flexibility index (Phi) is 2.64. The highest BCUT2D eigenvalue weighted by molar-refractivity contribution is 5.97. The van der Waals surface area contributed by atoms with Gasteiger partial charge in [-0.3, -0.25) is 4.79 Å². The van der Waals surface area contributed by atoms with Crippen LogP contribution < -0.4 is 10.6 Å². The molecule has 0 saturated carbocycles. The summed E-state index contributed by atoms with van der Waals surface area (Å²) in [5.41, 5.74) is 10.0. The molecule has 1 aliphatic rings. The zero-order chi connectivity index (χ0) is 12.8. The molecular formula is C14H20N2O. The fourth-order valence-corrected chi connectivity index (χ4v) is 2.64. The predicted octanol–water partition coefficient (Wildman–Crippen LogP) is 2.61. The van der Waals surface area contributed by atoms with Gasteiger partial charge in [0.15, 0.2) is 0 Å². The second-order valence-electron chi connectivity index (χ2n) is 5.45. The summed E-state index contributed by atoms with van der Waals surface area (Å²) in [5, 5.41) is 0. The molecule has 92 valence electrons. The quantitative estimate of drug-likeness (QED) is 0.756. The Morgan fingerprint density at radius 1 is 1.47 bits per heavy atom. The first-order valence-corrected chi connectivity index (χ1v) is 6.08. The van der Waals surface area contributed by atoms with Gasteiger partial charge in [0.1, 0.15) is 0 Å². The molecule has 3 nitrogen and oxygen atoms in total. The minimum absolute atomic E-state index is 0.0136. The van der Waals surface area contributed by atoms with E-state index in [1.807, 2.05) is 30.9 Å². The van der Waals surface area contributed by atoms with Crippen LogP contribution in [-0.4, -0.2) is 12.5 Å². The molecular weight excluding hydrogens is 212 g/mol. The molecule has 0 fully saturated rings. The molecule has 0 radical (unpaired) electrons. The zero-order valence-electron chi connectivity index (χ0n) is 11.0. The minimum Gasteiger partial charge on any atom is -0.399 e. The lowest BCUT2D eigenvalue weighted by molar-refractivity contribution is -0.118. The Labute approximate surface area is 103 Å². The Morgan fingerprint density at radius 3 is 2.71 bits per heavy atom. The molecule has 0 unspecified atom stereocenters. The van der Waals surface area contributed by atoms with Gasteiger partial charge in [0.05, 0.1) is 5.69 Å². The van der Waals surface area contributed by atoms with Gasteiger partial charge in [-0.05, 0) is 30.2 Å². The van der Waals surface area contributed by atoms with Gasteiger partial charge in [-0.2, -0.15) is 0 Å². The van der Waals surface area contributed by atoms with Crippen molar-refractivity contribution in [1.82, 2.24) is 0 Å². The van der Waals surface area contributed by atoms with E-state index in [4.69, 9.17) is 5.73 Å². The van der Waals surface area contributed by atoms with Crippen LogP contribution in [0, 0.1) is 6.92 Å². The van der Waals surface area contributed by atoms with Gasteiger partial charge in [0.2, 0.25) is 5.91 Å². The lowest BCUT2D eigenvalue weighted by Crippen LogP contribution is -2.33. The number of aryl methyl sites for hydroxylation is 1. The second kappa shape index (κ2) is 3.76. The fourth-order valence-electron chi connectivity index (χ4n) is 2.64. The maximum atomic E-state index is 12.0. The van der Waals surface area contributed by atoms with Gasteiger partial charge in [-0.1, -0.05) is 20.8 Å². The molecule has 0 bridgehead atoms. The van der Waals surface area contributed by atoms with Crippen LogP contribution in [0.1, 0.15) is 38.3 Å². The van der Waals surface area contributed by atoms with Crippen molar-refractivity contribution in [1.29, 1.82) is 0 Å². The van der Waals surface area contributed by atoms with E-state index in [0.29, 0.717) is 6.42 Å². The molecule has 0 aromatic heterocycles. The summed E-state index contributed by atoms with van der Waals surface area (Å²) >= 11 is 0. The summed E-state index contributed by atoms with van der Waals surface area (Å²) in [7, 11) is 0. The van der Waals surface area contributed by atoms with Gasteiger partial charge in [0.25, 0.3) is 0 Å². The number of fused-ring (bicyclic) bond motifs is 1. The maximum Gasteiger partial charge on any atom is 0.226 e. The predicted molar refractivity (Wildman–Crippen MR) is 71.3 cm³/mol. The van der Waals surface area contributed by atoms with Crippen LogP contribution >= 0.6 is 0 Å². The number of nitrogens with zero attached hydrogens (tertiary/aromatic N) is 1. The van der Waals surface area contributed by atoms with Crippen LogP contribution in [0.2, 0.25) is 0 Å². The largest absolute Gasteiger partial charge is 0.399 e. The van der Waals surface area contributed by atoms with Gasteiger partial charge in [0, 0.05) is 24.1 Å². The van der Waals surface area contributed by atoms with E-state index < -0.39 is 0 Å². The van der Waals surface area contributed by atoms with Gasteiger partial charge in [-0.15, -0.1) is 0 Å². The first-order chi connectivity index (χ1) is 7.86. The van der Waals surface area contributed by atoms with Crippen LogP contribution in [0.5, 0.6) is 0 Å². The van der Waals surface area contributed by atoms with Crippen LogP contribution in [0.15, 0.2) is 12.1 Å². The SMILES string of the molecule is CCC(=O)N1CC(C)(C)c2cc(N)cc(C)c21. The van der Waals surface area contributed by atoms with Gasteiger partial charge < -0.3 is 10.6 Å². The van der Waals surface area contributed by atoms with E-state index in [1.54, 1.807) is 0 Å². The van der Waals surface area contributed by atoms with Crippen molar-refractivity contribution in [2.75, 3.05) is 17.2 Å². The molecule has 0 aliphatic carbocycles. The number of nitrogens with two attached hydrogens (primary N) is 1.